The number of aliphatic hydroxyl groups is 1. The number of thioether (sulfide) groups is 1. The highest BCUT2D eigenvalue weighted by atomic mass is 32.2. The second kappa shape index (κ2) is 8.60. The summed E-state index contributed by atoms with van der Waals surface area (Å²) < 4.78 is 16.5. The number of rotatable bonds is 5. The lowest BCUT2D eigenvalue weighted by Crippen LogP contribution is -2.36. The lowest BCUT2D eigenvalue weighted by molar-refractivity contribution is -0.131. The van der Waals surface area contributed by atoms with Crippen molar-refractivity contribution < 1.29 is 24.1 Å². The maximum atomic E-state index is 12.4. The van der Waals surface area contributed by atoms with Gasteiger partial charge in [0.2, 0.25) is 5.91 Å². The second-order valence-corrected chi connectivity index (χ2v) is 7.04. The Kier molecular flexibility index (Phi) is 6.23. The van der Waals surface area contributed by atoms with E-state index in [1.165, 1.54) is 0 Å². The van der Waals surface area contributed by atoms with Crippen LogP contribution < -0.4 is 9.47 Å². The van der Waals surface area contributed by atoms with Gasteiger partial charge in [0.15, 0.2) is 11.5 Å². The van der Waals surface area contributed by atoms with Gasteiger partial charge in [0.1, 0.15) is 13.2 Å². The quantitative estimate of drug-likeness (QED) is 0.808. The Bertz CT molecular complexity index is 568. The van der Waals surface area contributed by atoms with Crippen molar-refractivity contribution in [2.24, 2.45) is 5.92 Å². The van der Waals surface area contributed by atoms with E-state index >= 15 is 0 Å². The van der Waals surface area contributed by atoms with Crippen molar-refractivity contribution >= 4 is 17.7 Å². The SMILES string of the molecule is O=C(CCSc1ccc2c(c1)OCCO2)N1CCOC[C@H](CO)C1. The van der Waals surface area contributed by atoms with Crippen LogP contribution in [-0.4, -0.2) is 67.8 Å². The van der Waals surface area contributed by atoms with E-state index in [0.29, 0.717) is 51.7 Å². The topological polar surface area (TPSA) is 68.2 Å². The lowest BCUT2D eigenvalue weighted by Gasteiger charge is -2.22. The minimum absolute atomic E-state index is 0.0156. The molecule has 2 heterocycles. The molecule has 0 saturated carbocycles. The fourth-order valence-electron chi connectivity index (χ4n) is 2.75. The van der Waals surface area contributed by atoms with Gasteiger partial charge in [0.25, 0.3) is 0 Å². The molecule has 1 fully saturated rings. The number of fused-ring (bicyclic) bond motifs is 1. The van der Waals surface area contributed by atoms with E-state index in [9.17, 15) is 9.90 Å². The van der Waals surface area contributed by atoms with E-state index in [-0.39, 0.29) is 18.4 Å². The Hall–Kier alpha value is -1.44. The first kappa shape index (κ1) is 17.4. The van der Waals surface area contributed by atoms with Gasteiger partial charge in [-0.1, -0.05) is 0 Å². The molecule has 1 aromatic carbocycles. The molecule has 1 aromatic rings. The molecule has 7 heteroatoms. The minimum Gasteiger partial charge on any atom is -0.486 e. The number of benzene rings is 1. The summed E-state index contributed by atoms with van der Waals surface area (Å²) in [4.78, 5) is 15.2. The summed E-state index contributed by atoms with van der Waals surface area (Å²) in [6.07, 6.45) is 0.470. The van der Waals surface area contributed by atoms with Crippen molar-refractivity contribution in [1.29, 1.82) is 0 Å². The van der Waals surface area contributed by atoms with Crippen LogP contribution in [0.15, 0.2) is 23.1 Å². The molecular formula is C17H23NO5S. The van der Waals surface area contributed by atoms with Gasteiger partial charge in [0, 0.05) is 42.7 Å². The highest BCUT2D eigenvalue weighted by Gasteiger charge is 2.21. The first-order valence-corrected chi connectivity index (χ1v) is 9.23. The Morgan fingerprint density at radius 3 is 2.92 bits per heavy atom. The zero-order valence-electron chi connectivity index (χ0n) is 13.6. The fourth-order valence-corrected chi connectivity index (χ4v) is 3.61. The third kappa shape index (κ3) is 4.55. The lowest BCUT2D eigenvalue weighted by atomic mass is 10.1. The van der Waals surface area contributed by atoms with E-state index in [1.807, 2.05) is 18.2 Å². The fraction of sp³-hybridized carbons (Fsp3) is 0.588. The average molecular weight is 353 g/mol. The summed E-state index contributed by atoms with van der Waals surface area (Å²) in [5, 5.41) is 9.29. The van der Waals surface area contributed by atoms with E-state index in [4.69, 9.17) is 14.2 Å². The zero-order chi connectivity index (χ0) is 16.8. The normalized spacial score (nSPS) is 20.5. The van der Waals surface area contributed by atoms with Gasteiger partial charge in [-0.15, -0.1) is 11.8 Å². The number of carbonyl (C=O) groups excluding carboxylic acids is 1. The molecule has 132 valence electrons. The third-order valence-corrected chi connectivity index (χ3v) is 5.04. The van der Waals surface area contributed by atoms with E-state index in [1.54, 1.807) is 16.7 Å². The Balaban J connectivity index is 1.48. The number of amides is 1. The molecule has 0 radical (unpaired) electrons. The molecule has 3 rings (SSSR count). The molecule has 0 spiro atoms. The maximum absolute atomic E-state index is 12.4. The molecule has 2 aliphatic rings. The number of ether oxygens (including phenoxy) is 3. The highest BCUT2D eigenvalue weighted by Crippen LogP contribution is 2.34. The molecule has 2 aliphatic heterocycles. The molecule has 1 amide bonds. The summed E-state index contributed by atoms with van der Waals surface area (Å²) in [6.45, 7) is 3.44. The molecule has 1 N–H and O–H groups in total. The smallest absolute Gasteiger partial charge is 0.223 e. The Morgan fingerprint density at radius 2 is 2.08 bits per heavy atom. The molecule has 1 saturated heterocycles. The number of nitrogens with zero attached hydrogens (tertiary/aromatic N) is 1. The zero-order valence-corrected chi connectivity index (χ0v) is 14.4. The molecule has 1 atom stereocenters. The van der Waals surface area contributed by atoms with Gasteiger partial charge in [-0.3, -0.25) is 4.79 Å². The summed E-state index contributed by atoms with van der Waals surface area (Å²) in [6, 6.07) is 5.87. The summed E-state index contributed by atoms with van der Waals surface area (Å²) in [5.41, 5.74) is 0. The van der Waals surface area contributed by atoms with Crippen LogP contribution >= 0.6 is 11.8 Å². The standard InChI is InChI=1S/C17H23NO5S/c19-11-13-10-18(4-5-21-12-13)17(20)3-8-24-14-1-2-15-16(9-14)23-7-6-22-15/h1-2,9,13,19H,3-8,10-12H2/t13-/m0/s1. The van der Waals surface area contributed by atoms with Crippen LogP contribution in [0.1, 0.15) is 6.42 Å². The van der Waals surface area contributed by atoms with Crippen molar-refractivity contribution in [3.8, 4) is 11.5 Å². The van der Waals surface area contributed by atoms with Crippen LogP contribution in [0.2, 0.25) is 0 Å². The molecule has 24 heavy (non-hydrogen) atoms. The van der Waals surface area contributed by atoms with Crippen LogP contribution in [-0.2, 0) is 9.53 Å². The van der Waals surface area contributed by atoms with E-state index < -0.39 is 0 Å². The molecule has 6 nitrogen and oxygen atoms in total. The minimum atomic E-state index is 0.0156. The first-order valence-electron chi connectivity index (χ1n) is 8.25. The largest absolute Gasteiger partial charge is 0.486 e. The number of hydrogen-bond donors (Lipinski definition) is 1. The molecule has 0 bridgehead atoms. The van der Waals surface area contributed by atoms with Gasteiger partial charge in [-0.2, -0.15) is 0 Å². The summed E-state index contributed by atoms with van der Waals surface area (Å²) >= 11 is 1.63. The highest BCUT2D eigenvalue weighted by molar-refractivity contribution is 7.99. The molecule has 0 unspecified atom stereocenters. The van der Waals surface area contributed by atoms with Crippen LogP contribution in [0, 0.1) is 5.92 Å². The van der Waals surface area contributed by atoms with Crippen molar-refractivity contribution in [3.63, 3.8) is 0 Å². The number of hydrogen-bond acceptors (Lipinski definition) is 6. The molecule has 0 aliphatic carbocycles. The van der Waals surface area contributed by atoms with Crippen LogP contribution in [0.25, 0.3) is 0 Å². The molecular weight excluding hydrogens is 330 g/mol. The maximum Gasteiger partial charge on any atom is 0.223 e. The first-order chi connectivity index (χ1) is 11.8. The van der Waals surface area contributed by atoms with Crippen molar-refractivity contribution in [2.75, 3.05) is 51.9 Å². The van der Waals surface area contributed by atoms with E-state index in [2.05, 4.69) is 0 Å². The van der Waals surface area contributed by atoms with Gasteiger partial charge >= 0.3 is 0 Å². The monoisotopic (exact) mass is 353 g/mol. The van der Waals surface area contributed by atoms with Crippen LogP contribution in [0.4, 0.5) is 0 Å². The van der Waals surface area contributed by atoms with Gasteiger partial charge in [-0.25, -0.2) is 0 Å². The Labute approximate surface area is 146 Å². The van der Waals surface area contributed by atoms with Crippen molar-refractivity contribution in [1.82, 2.24) is 4.90 Å². The van der Waals surface area contributed by atoms with Gasteiger partial charge in [-0.05, 0) is 18.2 Å². The van der Waals surface area contributed by atoms with Crippen molar-refractivity contribution in [3.05, 3.63) is 18.2 Å². The number of carbonyl (C=O) groups is 1. The van der Waals surface area contributed by atoms with E-state index in [0.717, 1.165) is 16.4 Å². The summed E-state index contributed by atoms with van der Waals surface area (Å²) in [5.74, 6) is 2.39. The van der Waals surface area contributed by atoms with Gasteiger partial charge < -0.3 is 24.2 Å². The predicted molar refractivity (Wildman–Crippen MR) is 90.7 cm³/mol. The predicted octanol–water partition coefficient (Wildman–Crippen LogP) is 1.41. The van der Waals surface area contributed by atoms with Gasteiger partial charge in [0.05, 0.1) is 13.2 Å². The molecule has 0 aromatic heterocycles. The Morgan fingerprint density at radius 1 is 1.25 bits per heavy atom. The van der Waals surface area contributed by atoms with Crippen molar-refractivity contribution in [2.45, 2.75) is 11.3 Å². The third-order valence-electron chi connectivity index (χ3n) is 4.05. The number of aliphatic hydroxyl groups excluding tert-OH is 1. The summed E-state index contributed by atoms with van der Waals surface area (Å²) in [7, 11) is 0. The van der Waals surface area contributed by atoms with Crippen LogP contribution in [0.3, 0.4) is 0 Å². The second-order valence-electron chi connectivity index (χ2n) is 5.87. The van der Waals surface area contributed by atoms with Crippen LogP contribution in [0.5, 0.6) is 11.5 Å². The average Bonchev–Trinajstić information content (AvgIpc) is 2.87.